The first-order valence-electron chi connectivity index (χ1n) is 9.60. The summed E-state index contributed by atoms with van der Waals surface area (Å²) >= 11 is 0. The molecule has 1 fully saturated rings. The molecule has 3 heterocycles. The van der Waals surface area contributed by atoms with Crippen LogP contribution in [0.25, 0.3) is 0 Å². The number of nitrogens with zero attached hydrogens (tertiary/aromatic N) is 4. The Labute approximate surface area is 164 Å². The maximum atomic E-state index is 13.1. The Hall–Kier alpha value is -2.74. The van der Waals surface area contributed by atoms with Gasteiger partial charge in [0.2, 0.25) is 5.95 Å². The number of nitrogens with one attached hydrogen (secondary N) is 1. The number of ketones is 1. The van der Waals surface area contributed by atoms with Crippen molar-refractivity contribution >= 4 is 17.7 Å². The van der Waals surface area contributed by atoms with Crippen LogP contribution in [-0.2, 0) is 4.74 Å². The van der Waals surface area contributed by atoms with E-state index < -0.39 is 5.97 Å². The van der Waals surface area contributed by atoms with Crippen LogP contribution in [0.2, 0.25) is 0 Å². The molecular formula is C20H27N5O3. The van der Waals surface area contributed by atoms with Gasteiger partial charge < -0.3 is 14.6 Å². The molecule has 8 heteroatoms. The van der Waals surface area contributed by atoms with E-state index in [-0.39, 0.29) is 11.8 Å². The smallest absolute Gasteiger partial charge is 0.340 e. The second kappa shape index (κ2) is 8.52. The summed E-state index contributed by atoms with van der Waals surface area (Å²) in [5, 5.41) is 0. The molecule has 1 unspecified atom stereocenters. The quantitative estimate of drug-likeness (QED) is 0.600. The van der Waals surface area contributed by atoms with Crippen molar-refractivity contribution in [1.82, 2.24) is 19.9 Å². The van der Waals surface area contributed by atoms with Crippen molar-refractivity contribution in [2.24, 2.45) is 0 Å². The molecule has 150 valence electrons. The first-order valence-corrected chi connectivity index (χ1v) is 9.60. The van der Waals surface area contributed by atoms with Crippen molar-refractivity contribution in [2.75, 3.05) is 37.7 Å². The molecule has 1 saturated heterocycles. The number of ether oxygens (including phenoxy) is 1. The minimum Gasteiger partial charge on any atom is -0.462 e. The average molecular weight is 385 g/mol. The molecule has 0 bridgehead atoms. The van der Waals surface area contributed by atoms with Crippen LogP contribution in [0.3, 0.4) is 0 Å². The lowest BCUT2D eigenvalue weighted by Crippen LogP contribution is -2.52. The number of aromatic nitrogens is 3. The fraction of sp³-hybridized carbons (Fsp3) is 0.500. The van der Waals surface area contributed by atoms with E-state index in [4.69, 9.17) is 4.74 Å². The first kappa shape index (κ1) is 20.0. The minimum atomic E-state index is -0.392. The predicted octanol–water partition coefficient (Wildman–Crippen LogP) is 1.99. The third-order valence-corrected chi connectivity index (χ3v) is 5.24. The van der Waals surface area contributed by atoms with Gasteiger partial charge in [0.25, 0.3) is 0 Å². The van der Waals surface area contributed by atoms with Crippen molar-refractivity contribution < 1.29 is 14.3 Å². The Morgan fingerprint density at radius 1 is 1.18 bits per heavy atom. The second-order valence-corrected chi connectivity index (χ2v) is 6.96. The fourth-order valence-electron chi connectivity index (χ4n) is 3.64. The third-order valence-electron chi connectivity index (χ3n) is 5.24. The van der Waals surface area contributed by atoms with E-state index in [9.17, 15) is 9.59 Å². The predicted molar refractivity (Wildman–Crippen MR) is 106 cm³/mol. The molecule has 28 heavy (non-hydrogen) atoms. The van der Waals surface area contributed by atoms with Gasteiger partial charge in [-0.1, -0.05) is 0 Å². The molecule has 0 saturated carbocycles. The van der Waals surface area contributed by atoms with E-state index in [1.165, 1.54) is 0 Å². The summed E-state index contributed by atoms with van der Waals surface area (Å²) in [5.41, 5.74) is 2.27. The maximum absolute atomic E-state index is 13.1. The lowest BCUT2D eigenvalue weighted by molar-refractivity contribution is 0.0525. The van der Waals surface area contributed by atoms with E-state index in [2.05, 4.69) is 24.8 Å². The zero-order valence-corrected chi connectivity index (χ0v) is 16.9. The van der Waals surface area contributed by atoms with Crippen LogP contribution in [0, 0.1) is 13.8 Å². The number of H-pyrrole nitrogens is 1. The van der Waals surface area contributed by atoms with E-state index in [1.54, 1.807) is 39.2 Å². The molecule has 0 spiro atoms. The summed E-state index contributed by atoms with van der Waals surface area (Å²) in [6.07, 6.45) is 3.47. The van der Waals surface area contributed by atoms with Crippen LogP contribution in [0.4, 0.5) is 5.95 Å². The fourth-order valence-corrected chi connectivity index (χ4v) is 3.64. The zero-order chi connectivity index (χ0) is 20.3. The lowest BCUT2D eigenvalue weighted by Gasteiger charge is -2.37. The molecular weight excluding hydrogens is 358 g/mol. The Kier molecular flexibility index (Phi) is 6.08. The van der Waals surface area contributed by atoms with Crippen molar-refractivity contribution in [1.29, 1.82) is 0 Å². The van der Waals surface area contributed by atoms with Gasteiger partial charge in [0.1, 0.15) is 0 Å². The van der Waals surface area contributed by atoms with Gasteiger partial charge in [0.15, 0.2) is 5.78 Å². The van der Waals surface area contributed by atoms with Crippen LogP contribution in [0.1, 0.15) is 46.0 Å². The van der Waals surface area contributed by atoms with E-state index in [0.29, 0.717) is 29.1 Å². The molecule has 0 radical (unpaired) electrons. The number of carbonyl (C=O) groups excluding carboxylic acids is 2. The maximum Gasteiger partial charge on any atom is 0.340 e. The third kappa shape index (κ3) is 3.91. The number of anilines is 1. The Morgan fingerprint density at radius 3 is 2.43 bits per heavy atom. The van der Waals surface area contributed by atoms with Crippen molar-refractivity contribution in [2.45, 2.75) is 33.7 Å². The number of rotatable bonds is 6. The number of hydrogen-bond donors (Lipinski definition) is 1. The van der Waals surface area contributed by atoms with Gasteiger partial charge in [-0.2, -0.15) is 0 Å². The van der Waals surface area contributed by atoms with Gasteiger partial charge in [-0.3, -0.25) is 9.69 Å². The van der Waals surface area contributed by atoms with Crippen LogP contribution in [0.15, 0.2) is 18.5 Å². The van der Waals surface area contributed by atoms with Gasteiger partial charge in [-0.25, -0.2) is 14.8 Å². The summed E-state index contributed by atoms with van der Waals surface area (Å²) < 4.78 is 5.12. The number of piperazine rings is 1. The highest BCUT2D eigenvalue weighted by molar-refractivity contribution is 6.03. The zero-order valence-electron chi connectivity index (χ0n) is 16.9. The van der Waals surface area contributed by atoms with Gasteiger partial charge in [0, 0.05) is 44.3 Å². The summed E-state index contributed by atoms with van der Waals surface area (Å²) in [7, 11) is 0. The molecule has 1 N–H and O–H groups in total. The van der Waals surface area contributed by atoms with Crippen molar-refractivity contribution in [3.05, 3.63) is 41.0 Å². The van der Waals surface area contributed by atoms with Crippen LogP contribution in [-0.4, -0.2) is 70.4 Å². The summed E-state index contributed by atoms with van der Waals surface area (Å²) in [6.45, 7) is 10.6. The molecule has 1 aliphatic heterocycles. The van der Waals surface area contributed by atoms with Gasteiger partial charge in [0.05, 0.1) is 23.9 Å². The van der Waals surface area contributed by atoms with Crippen LogP contribution in [0.5, 0.6) is 0 Å². The number of aromatic amines is 1. The molecule has 2 aromatic rings. The molecule has 8 nitrogen and oxygen atoms in total. The largest absolute Gasteiger partial charge is 0.462 e. The number of Topliss-reactive ketones (excluding diaryl/α,β-unsaturated/α-hetero) is 1. The molecule has 0 aromatic carbocycles. The number of esters is 1. The highest BCUT2D eigenvalue weighted by Gasteiger charge is 2.30. The highest BCUT2D eigenvalue weighted by atomic mass is 16.5. The van der Waals surface area contributed by atoms with Gasteiger partial charge >= 0.3 is 5.97 Å². The SMILES string of the molecule is CCOC(=O)c1c(C)[nH]c(C(=O)C(C)N2CCN(c3ncccn3)CC2)c1C. The normalized spacial score (nSPS) is 16.1. The molecule has 1 aliphatic rings. The first-order chi connectivity index (χ1) is 13.4. The van der Waals surface area contributed by atoms with E-state index in [0.717, 1.165) is 32.1 Å². The minimum absolute atomic E-state index is 0.0134. The van der Waals surface area contributed by atoms with Gasteiger partial charge in [-0.05, 0) is 39.3 Å². The lowest BCUT2D eigenvalue weighted by atomic mass is 10.0. The molecule has 0 amide bonds. The van der Waals surface area contributed by atoms with E-state index in [1.807, 2.05) is 6.92 Å². The summed E-state index contributed by atoms with van der Waals surface area (Å²) in [6, 6.07) is 1.51. The molecule has 0 aliphatic carbocycles. The summed E-state index contributed by atoms with van der Waals surface area (Å²) in [5.74, 6) is 0.313. The standard InChI is InChI=1S/C20H27N5O3/c1-5-28-19(27)16-13(2)17(23-14(16)3)18(26)15(4)24-9-11-25(12-10-24)20-21-7-6-8-22-20/h6-8,15,23H,5,9-12H2,1-4H3. The Morgan fingerprint density at radius 2 is 1.82 bits per heavy atom. The van der Waals surface area contributed by atoms with Crippen molar-refractivity contribution in [3.8, 4) is 0 Å². The molecule has 1 atom stereocenters. The average Bonchev–Trinajstić information content (AvgIpc) is 3.02. The highest BCUT2D eigenvalue weighted by Crippen LogP contribution is 2.22. The van der Waals surface area contributed by atoms with Crippen LogP contribution >= 0.6 is 0 Å². The number of carbonyl (C=O) groups is 2. The topological polar surface area (TPSA) is 91.4 Å². The number of hydrogen-bond acceptors (Lipinski definition) is 7. The van der Waals surface area contributed by atoms with E-state index >= 15 is 0 Å². The Bertz CT molecular complexity index is 841. The second-order valence-electron chi connectivity index (χ2n) is 6.96. The van der Waals surface area contributed by atoms with Gasteiger partial charge in [-0.15, -0.1) is 0 Å². The van der Waals surface area contributed by atoms with Crippen LogP contribution < -0.4 is 4.90 Å². The number of aryl methyl sites for hydroxylation is 1. The summed E-state index contributed by atoms with van der Waals surface area (Å²) in [4.78, 5) is 41.2. The van der Waals surface area contributed by atoms with Crippen molar-refractivity contribution in [3.63, 3.8) is 0 Å². The molecule has 2 aromatic heterocycles. The monoisotopic (exact) mass is 385 g/mol. The Balaban J connectivity index is 1.69. The molecule has 3 rings (SSSR count).